The summed E-state index contributed by atoms with van der Waals surface area (Å²) in [6.45, 7) is 1.44. The summed E-state index contributed by atoms with van der Waals surface area (Å²) in [4.78, 5) is 0. The molecule has 0 radical (unpaired) electrons. The second-order valence-electron chi connectivity index (χ2n) is 1.77. The monoisotopic (exact) mass is 151 g/mol. The minimum atomic E-state index is -4.44. The topological polar surface area (TPSA) is 30.7 Å². The van der Waals surface area contributed by atoms with Crippen LogP contribution in [0.3, 0.4) is 0 Å². The van der Waals surface area contributed by atoms with Gasteiger partial charge in [-0.25, -0.2) is 0 Å². The van der Waals surface area contributed by atoms with Gasteiger partial charge in [-0.1, -0.05) is 5.21 Å². The first-order chi connectivity index (χ1) is 4.50. The van der Waals surface area contributed by atoms with Crippen LogP contribution in [0.1, 0.15) is 5.69 Å². The van der Waals surface area contributed by atoms with Gasteiger partial charge in [0, 0.05) is 0 Å². The molecule has 0 atom stereocenters. The van der Waals surface area contributed by atoms with Crippen molar-refractivity contribution in [3.8, 4) is 0 Å². The van der Waals surface area contributed by atoms with Gasteiger partial charge in [-0.15, -0.1) is 18.3 Å². The quantitative estimate of drug-likeness (QED) is 0.555. The highest BCUT2D eigenvalue weighted by molar-refractivity contribution is 4.86. The van der Waals surface area contributed by atoms with Gasteiger partial charge in [0.2, 0.25) is 0 Å². The number of hydrogen-bond donors (Lipinski definition) is 0. The molecule has 0 aliphatic heterocycles. The standard InChI is InChI=1S/C4H4F3N3/c1-3-2-10(9-8-3)4(5,6)7/h2H,1H3. The van der Waals surface area contributed by atoms with Crippen molar-refractivity contribution in [2.45, 2.75) is 13.2 Å². The van der Waals surface area contributed by atoms with E-state index < -0.39 is 6.30 Å². The summed E-state index contributed by atoms with van der Waals surface area (Å²) in [6.07, 6.45) is -3.62. The van der Waals surface area contributed by atoms with E-state index in [1.165, 1.54) is 6.92 Å². The van der Waals surface area contributed by atoms with Crippen LogP contribution >= 0.6 is 0 Å². The lowest BCUT2D eigenvalue weighted by atomic mass is 10.6. The van der Waals surface area contributed by atoms with Crippen LogP contribution in [0.15, 0.2) is 6.20 Å². The first-order valence-electron chi connectivity index (χ1n) is 2.46. The number of aryl methyl sites for hydroxylation is 1. The number of alkyl halides is 3. The summed E-state index contributed by atoms with van der Waals surface area (Å²) >= 11 is 0. The van der Waals surface area contributed by atoms with Crippen LogP contribution in [-0.2, 0) is 6.30 Å². The molecule has 0 aliphatic rings. The van der Waals surface area contributed by atoms with Gasteiger partial charge < -0.3 is 0 Å². The van der Waals surface area contributed by atoms with Crippen LogP contribution in [0, 0.1) is 6.92 Å². The van der Waals surface area contributed by atoms with E-state index in [4.69, 9.17) is 0 Å². The maximum atomic E-state index is 11.7. The van der Waals surface area contributed by atoms with E-state index in [0.29, 0.717) is 0 Å². The third-order valence-corrected chi connectivity index (χ3v) is 0.868. The van der Waals surface area contributed by atoms with Crippen LogP contribution in [0.2, 0.25) is 0 Å². The normalized spacial score (nSPS) is 12.0. The molecule has 3 nitrogen and oxygen atoms in total. The SMILES string of the molecule is Cc1cn(C(F)(F)F)nn1. The predicted molar refractivity (Wildman–Crippen MR) is 26.1 cm³/mol. The van der Waals surface area contributed by atoms with Gasteiger partial charge in [0.15, 0.2) is 0 Å². The minimum Gasteiger partial charge on any atom is -0.158 e. The molecule has 0 spiro atoms. The molecule has 0 aliphatic carbocycles. The minimum absolute atomic E-state index is 0.137. The zero-order valence-electron chi connectivity index (χ0n) is 5.05. The number of rotatable bonds is 0. The van der Waals surface area contributed by atoms with Crippen LogP contribution in [-0.4, -0.2) is 15.0 Å². The Balaban J connectivity index is 2.96. The summed E-state index contributed by atoms with van der Waals surface area (Å²) in [7, 11) is 0. The van der Waals surface area contributed by atoms with E-state index in [2.05, 4.69) is 10.3 Å². The van der Waals surface area contributed by atoms with Gasteiger partial charge in [0.25, 0.3) is 0 Å². The molecule has 0 fully saturated rings. The van der Waals surface area contributed by atoms with Gasteiger partial charge in [0.05, 0.1) is 11.9 Å². The largest absolute Gasteiger partial charge is 0.505 e. The van der Waals surface area contributed by atoms with Gasteiger partial charge in [-0.2, -0.15) is 4.68 Å². The maximum Gasteiger partial charge on any atom is 0.505 e. The van der Waals surface area contributed by atoms with Crippen molar-refractivity contribution in [2.24, 2.45) is 0 Å². The Morgan fingerprint density at radius 2 is 2.10 bits per heavy atom. The fourth-order valence-electron chi connectivity index (χ4n) is 0.471. The van der Waals surface area contributed by atoms with E-state index >= 15 is 0 Å². The maximum absolute atomic E-state index is 11.7. The van der Waals surface area contributed by atoms with Crippen LogP contribution in [0.4, 0.5) is 13.2 Å². The lowest BCUT2D eigenvalue weighted by Crippen LogP contribution is -2.17. The van der Waals surface area contributed by atoms with E-state index in [0.717, 1.165) is 6.20 Å². The molecular formula is C4H4F3N3. The Morgan fingerprint density at radius 1 is 1.50 bits per heavy atom. The Labute approximate surface area is 54.5 Å². The average molecular weight is 151 g/mol. The fraction of sp³-hybridized carbons (Fsp3) is 0.500. The Hall–Kier alpha value is -1.07. The van der Waals surface area contributed by atoms with E-state index in [-0.39, 0.29) is 10.4 Å². The fourth-order valence-corrected chi connectivity index (χ4v) is 0.471. The van der Waals surface area contributed by atoms with Gasteiger partial charge >= 0.3 is 6.30 Å². The molecule has 56 valence electrons. The molecule has 1 rings (SSSR count). The molecule has 6 heteroatoms. The summed E-state index contributed by atoms with van der Waals surface area (Å²) in [5.74, 6) is 0. The molecule has 0 aromatic carbocycles. The number of nitrogens with zero attached hydrogens (tertiary/aromatic N) is 3. The third-order valence-electron chi connectivity index (χ3n) is 0.868. The van der Waals surface area contributed by atoms with Crippen molar-refractivity contribution in [1.82, 2.24) is 15.0 Å². The molecule has 0 amide bonds. The summed E-state index contributed by atoms with van der Waals surface area (Å²) in [5, 5.41) is 6.00. The van der Waals surface area contributed by atoms with E-state index in [9.17, 15) is 13.2 Å². The lowest BCUT2D eigenvalue weighted by Gasteiger charge is -2.01. The Kier molecular flexibility index (Phi) is 1.38. The third kappa shape index (κ3) is 1.26. The molecule has 0 saturated heterocycles. The number of halogens is 3. The number of aromatic nitrogens is 3. The number of hydrogen-bond acceptors (Lipinski definition) is 2. The van der Waals surface area contributed by atoms with E-state index in [1.807, 2.05) is 0 Å². The summed E-state index contributed by atoms with van der Waals surface area (Å²) < 4.78 is 34.8. The second kappa shape index (κ2) is 1.96. The first kappa shape index (κ1) is 7.04. The molecule has 1 aromatic rings. The van der Waals surface area contributed by atoms with Crippen molar-refractivity contribution >= 4 is 0 Å². The lowest BCUT2D eigenvalue weighted by molar-refractivity contribution is -0.213. The Bertz CT molecular complexity index is 226. The molecule has 1 aromatic heterocycles. The van der Waals surface area contributed by atoms with Gasteiger partial charge in [-0.05, 0) is 6.92 Å². The van der Waals surface area contributed by atoms with Crippen LogP contribution in [0.25, 0.3) is 0 Å². The molecule has 1 heterocycles. The first-order valence-corrected chi connectivity index (χ1v) is 2.46. The highest BCUT2D eigenvalue weighted by Gasteiger charge is 2.31. The van der Waals surface area contributed by atoms with Crippen LogP contribution < -0.4 is 0 Å². The molecule has 0 bridgehead atoms. The second-order valence-corrected chi connectivity index (χ2v) is 1.77. The highest BCUT2D eigenvalue weighted by atomic mass is 19.4. The molecule has 0 N–H and O–H groups in total. The van der Waals surface area contributed by atoms with Crippen molar-refractivity contribution in [2.75, 3.05) is 0 Å². The highest BCUT2D eigenvalue weighted by Crippen LogP contribution is 2.19. The zero-order chi connectivity index (χ0) is 7.78. The van der Waals surface area contributed by atoms with Crippen molar-refractivity contribution in [1.29, 1.82) is 0 Å². The Morgan fingerprint density at radius 3 is 2.30 bits per heavy atom. The summed E-state index contributed by atoms with van der Waals surface area (Å²) in [5.41, 5.74) is 0.248. The zero-order valence-corrected chi connectivity index (χ0v) is 5.05. The van der Waals surface area contributed by atoms with Crippen molar-refractivity contribution in [3.63, 3.8) is 0 Å². The molecule has 0 unspecified atom stereocenters. The molecular weight excluding hydrogens is 147 g/mol. The summed E-state index contributed by atoms with van der Waals surface area (Å²) in [6, 6.07) is 0. The average Bonchev–Trinajstić information content (AvgIpc) is 2.11. The molecule has 0 saturated carbocycles. The van der Waals surface area contributed by atoms with Crippen LogP contribution in [0.5, 0.6) is 0 Å². The smallest absolute Gasteiger partial charge is 0.158 e. The van der Waals surface area contributed by atoms with Gasteiger partial charge in [0.1, 0.15) is 0 Å². The van der Waals surface area contributed by atoms with E-state index in [1.54, 1.807) is 0 Å². The van der Waals surface area contributed by atoms with Crippen molar-refractivity contribution in [3.05, 3.63) is 11.9 Å². The van der Waals surface area contributed by atoms with Gasteiger partial charge in [-0.3, -0.25) is 0 Å². The molecule has 10 heavy (non-hydrogen) atoms. The van der Waals surface area contributed by atoms with Crippen molar-refractivity contribution < 1.29 is 13.2 Å². The predicted octanol–water partition coefficient (Wildman–Crippen LogP) is 1.06.